The number of benzene rings is 10. The van der Waals surface area contributed by atoms with Crippen LogP contribution in [-0.2, 0) is 0 Å². The Morgan fingerprint density at radius 3 is 1.40 bits per heavy atom. The number of nitrogens with zero attached hydrogens (tertiary/aromatic N) is 4. The van der Waals surface area contributed by atoms with E-state index in [1.54, 1.807) is 0 Å². The molecule has 0 aliphatic rings. The maximum atomic E-state index is 5.53. The van der Waals surface area contributed by atoms with Gasteiger partial charge in [0.05, 0.1) is 33.6 Å². The smallest absolute Gasteiger partial charge is 0.160 e. The van der Waals surface area contributed by atoms with Crippen molar-refractivity contribution < 1.29 is 0 Å². The minimum atomic E-state index is 0.690. The molecule has 0 amide bonds. The predicted molar refractivity (Wildman–Crippen MR) is 271 cm³/mol. The normalized spacial score (nSPS) is 11.7. The monoisotopic (exact) mass is 826 g/mol. The van der Waals surface area contributed by atoms with Gasteiger partial charge in [-0.15, -0.1) is 0 Å². The summed E-state index contributed by atoms with van der Waals surface area (Å²) in [6.45, 7) is 0. The topological polar surface area (TPSA) is 43.6 Å². The molecular weight excluding hydrogens is 789 g/mol. The van der Waals surface area contributed by atoms with Crippen molar-refractivity contribution in [3.63, 3.8) is 0 Å². The highest BCUT2D eigenvalue weighted by atomic mass is 15.0. The zero-order valence-corrected chi connectivity index (χ0v) is 35.2. The van der Waals surface area contributed by atoms with E-state index >= 15 is 0 Å². The van der Waals surface area contributed by atoms with Crippen LogP contribution in [0.1, 0.15) is 0 Å². The first-order valence-electron chi connectivity index (χ1n) is 22.1. The Bertz CT molecular complexity index is 3930. The van der Waals surface area contributed by atoms with Crippen LogP contribution in [0.15, 0.2) is 231 Å². The molecule has 0 fully saturated rings. The molecule has 0 saturated carbocycles. The van der Waals surface area contributed by atoms with E-state index in [0.29, 0.717) is 5.82 Å². The Balaban J connectivity index is 0.996. The Hall–Kier alpha value is -8.73. The summed E-state index contributed by atoms with van der Waals surface area (Å²) >= 11 is 0. The summed E-state index contributed by atoms with van der Waals surface area (Å²) in [4.78, 5) is 15.8. The standard InChI is InChI=1S/C61H38N4/c1-3-15-39(16-4-1)40-27-29-41(30-28-40)55-38-56(64-61(63-55)43-17-5-2-6-18-43)42-31-34-45(35-32-42)65-57-26-14-12-24-52(57)58-51-23-11-13-25-54(51)62-59(60(58)65)44-33-36-50-48-21-8-7-19-46(48)47-20-9-10-22-49(47)53(50)37-44/h1-38H. The number of fused-ring (bicyclic) bond motifs is 11. The van der Waals surface area contributed by atoms with Gasteiger partial charge in [0, 0.05) is 44.1 Å². The molecule has 3 heterocycles. The summed E-state index contributed by atoms with van der Waals surface area (Å²) in [5.41, 5.74) is 13.4. The maximum absolute atomic E-state index is 5.53. The summed E-state index contributed by atoms with van der Waals surface area (Å²) < 4.78 is 2.40. The summed E-state index contributed by atoms with van der Waals surface area (Å²) in [5, 5.41) is 11.0. The third kappa shape index (κ3) is 6.11. The highest BCUT2D eigenvalue weighted by Crippen LogP contribution is 2.43. The Morgan fingerprint density at radius 2 is 0.754 bits per heavy atom. The minimum Gasteiger partial charge on any atom is -0.307 e. The first kappa shape index (κ1) is 36.9. The molecule has 0 N–H and O–H groups in total. The van der Waals surface area contributed by atoms with Crippen molar-refractivity contribution in [1.82, 2.24) is 19.5 Å². The first-order valence-corrected chi connectivity index (χ1v) is 22.1. The molecule has 65 heavy (non-hydrogen) atoms. The van der Waals surface area contributed by atoms with Gasteiger partial charge in [-0.25, -0.2) is 15.0 Å². The van der Waals surface area contributed by atoms with Crippen LogP contribution in [0.5, 0.6) is 0 Å². The van der Waals surface area contributed by atoms with Crippen LogP contribution in [0.3, 0.4) is 0 Å². The second-order valence-electron chi connectivity index (χ2n) is 16.7. The Labute approximate surface area is 375 Å². The highest BCUT2D eigenvalue weighted by Gasteiger charge is 2.22. The van der Waals surface area contributed by atoms with Gasteiger partial charge in [-0.05, 0) is 79.8 Å². The van der Waals surface area contributed by atoms with Gasteiger partial charge in [-0.2, -0.15) is 0 Å². The molecule has 0 radical (unpaired) electrons. The molecule has 4 heteroatoms. The van der Waals surface area contributed by atoms with Gasteiger partial charge in [0.25, 0.3) is 0 Å². The number of hydrogen-bond donors (Lipinski definition) is 0. The lowest BCUT2D eigenvalue weighted by molar-refractivity contribution is 1.16. The average molecular weight is 827 g/mol. The molecular formula is C61H38N4. The molecule has 0 bridgehead atoms. The van der Waals surface area contributed by atoms with Crippen molar-refractivity contribution in [1.29, 1.82) is 0 Å². The molecule has 0 atom stereocenters. The molecule has 302 valence electrons. The van der Waals surface area contributed by atoms with Gasteiger partial charge < -0.3 is 4.57 Å². The molecule has 0 unspecified atom stereocenters. The molecule has 0 aliphatic heterocycles. The molecule has 10 aromatic carbocycles. The quantitative estimate of drug-likeness (QED) is 0.157. The molecule has 0 saturated heterocycles. The minimum absolute atomic E-state index is 0.690. The van der Waals surface area contributed by atoms with Crippen LogP contribution in [-0.4, -0.2) is 19.5 Å². The van der Waals surface area contributed by atoms with E-state index in [-0.39, 0.29) is 0 Å². The van der Waals surface area contributed by atoms with Gasteiger partial charge >= 0.3 is 0 Å². The number of rotatable bonds is 6. The van der Waals surface area contributed by atoms with Gasteiger partial charge in [0.1, 0.15) is 0 Å². The largest absolute Gasteiger partial charge is 0.307 e. The van der Waals surface area contributed by atoms with E-state index in [1.165, 1.54) is 54.2 Å². The molecule has 4 nitrogen and oxygen atoms in total. The fraction of sp³-hybridized carbons (Fsp3) is 0. The van der Waals surface area contributed by atoms with Gasteiger partial charge in [-0.3, -0.25) is 0 Å². The summed E-state index contributed by atoms with van der Waals surface area (Å²) in [6.07, 6.45) is 0. The van der Waals surface area contributed by atoms with Crippen LogP contribution in [0, 0.1) is 0 Å². The maximum Gasteiger partial charge on any atom is 0.160 e. The van der Waals surface area contributed by atoms with Gasteiger partial charge in [-0.1, -0.05) is 194 Å². The number of pyridine rings is 1. The second-order valence-corrected chi connectivity index (χ2v) is 16.7. The van der Waals surface area contributed by atoms with Gasteiger partial charge in [0.15, 0.2) is 5.82 Å². The number of aromatic nitrogens is 4. The molecule has 13 rings (SSSR count). The summed E-state index contributed by atoms with van der Waals surface area (Å²) in [6, 6.07) is 82.1. The molecule has 0 aliphatic carbocycles. The van der Waals surface area contributed by atoms with Crippen molar-refractivity contribution in [2.75, 3.05) is 0 Å². The first-order chi connectivity index (χ1) is 32.2. The van der Waals surface area contributed by atoms with E-state index in [4.69, 9.17) is 15.0 Å². The van der Waals surface area contributed by atoms with Crippen LogP contribution in [0.4, 0.5) is 0 Å². The SMILES string of the molecule is c1ccc(-c2ccc(-c3cc(-c4ccc(-n5c6ccccc6c6c7ccccc7nc(-c7ccc8c9ccccc9c9ccccc9c8c7)c65)cc4)nc(-c4ccccc4)n3)cc2)cc1. The second kappa shape index (κ2) is 15.0. The Kier molecular flexibility index (Phi) is 8.50. The van der Waals surface area contributed by atoms with E-state index in [2.05, 4.69) is 211 Å². The average Bonchev–Trinajstić information content (AvgIpc) is 3.74. The van der Waals surface area contributed by atoms with E-state index in [1.807, 2.05) is 24.3 Å². The highest BCUT2D eigenvalue weighted by molar-refractivity contribution is 6.27. The van der Waals surface area contributed by atoms with E-state index < -0.39 is 0 Å². The molecule has 3 aromatic heterocycles. The van der Waals surface area contributed by atoms with Crippen molar-refractivity contribution in [3.05, 3.63) is 231 Å². The third-order valence-electron chi connectivity index (χ3n) is 13.0. The summed E-state index contributed by atoms with van der Waals surface area (Å²) in [5.74, 6) is 0.690. The Morgan fingerprint density at radius 1 is 0.292 bits per heavy atom. The summed E-state index contributed by atoms with van der Waals surface area (Å²) in [7, 11) is 0. The number of hydrogen-bond acceptors (Lipinski definition) is 3. The lowest BCUT2D eigenvalue weighted by atomic mass is 9.92. The van der Waals surface area contributed by atoms with Gasteiger partial charge in [0.2, 0.25) is 0 Å². The van der Waals surface area contributed by atoms with Crippen molar-refractivity contribution in [2.24, 2.45) is 0 Å². The fourth-order valence-electron chi connectivity index (χ4n) is 9.92. The zero-order valence-electron chi connectivity index (χ0n) is 35.2. The van der Waals surface area contributed by atoms with Crippen LogP contribution in [0.2, 0.25) is 0 Å². The molecule has 0 spiro atoms. The lowest BCUT2D eigenvalue weighted by Gasteiger charge is -2.15. The third-order valence-corrected chi connectivity index (χ3v) is 13.0. The zero-order chi connectivity index (χ0) is 42.8. The van der Waals surface area contributed by atoms with Crippen molar-refractivity contribution >= 4 is 65.0 Å². The van der Waals surface area contributed by atoms with Crippen LogP contribution < -0.4 is 0 Å². The van der Waals surface area contributed by atoms with Crippen molar-refractivity contribution in [3.8, 4) is 62.0 Å². The molecule has 13 aromatic rings. The fourth-order valence-corrected chi connectivity index (χ4v) is 9.92. The van der Waals surface area contributed by atoms with Crippen molar-refractivity contribution in [2.45, 2.75) is 0 Å². The van der Waals surface area contributed by atoms with E-state index in [9.17, 15) is 0 Å². The van der Waals surface area contributed by atoms with E-state index in [0.717, 1.165) is 67.0 Å². The van der Waals surface area contributed by atoms with Crippen LogP contribution >= 0.6 is 0 Å². The lowest BCUT2D eigenvalue weighted by Crippen LogP contribution is -1.99. The number of para-hydroxylation sites is 2. The van der Waals surface area contributed by atoms with Crippen LogP contribution in [0.25, 0.3) is 127 Å². The predicted octanol–water partition coefficient (Wildman–Crippen LogP) is 15.9.